The summed E-state index contributed by atoms with van der Waals surface area (Å²) in [5.41, 5.74) is 7.27. The summed E-state index contributed by atoms with van der Waals surface area (Å²) in [6.07, 6.45) is 0.639. The van der Waals surface area contributed by atoms with E-state index in [9.17, 15) is 12.8 Å². The fraction of sp³-hybridized carbons (Fsp3) is 0.200. The molecule has 0 bridgehead atoms. The van der Waals surface area contributed by atoms with Crippen molar-refractivity contribution in [2.45, 2.75) is 24.3 Å². The second-order valence-corrected chi connectivity index (χ2v) is 7.02. The number of hydrogen-bond donors (Lipinski definition) is 1. The summed E-state index contributed by atoms with van der Waals surface area (Å²) >= 11 is 0. The number of sulfonamides is 1. The van der Waals surface area contributed by atoms with E-state index in [1.807, 2.05) is 19.1 Å². The van der Waals surface area contributed by atoms with Crippen LogP contribution < -0.4 is 10.0 Å². The molecule has 0 saturated heterocycles. The first-order valence-corrected chi connectivity index (χ1v) is 8.02. The highest BCUT2D eigenvalue weighted by Crippen LogP contribution is 2.36. The molecule has 1 aliphatic heterocycles. The molecule has 0 radical (unpaired) electrons. The van der Waals surface area contributed by atoms with Crippen molar-refractivity contribution in [2.75, 3.05) is 10.0 Å². The highest BCUT2D eigenvalue weighted by atomic mass is 32.2. The van der Waals surface area contributed by atoms with Gasteiger partial charge in [0.25, 0.3) is 10.0 Å². The molecule has 0 amide bonds. The Bertz CT molecular complexity index is 785. The van der Waals surface area contributed by atoms with Crippen LogP contribution >= 0.6 is 0 Å². The Morgan fingerprint density at radius 3 is 2.67 bits per heavy atom. The van der Waals surface area contributed by atoms with Crippen molar-refractivity contribution >= 4 is 21.4 Å². The first-order chi connectivity index (χ1) is 9.89. The van der Waals surface area contributed by atoms with Gasteiger partial charge in [-0.2, -0.15) is 0 Å². The van der Waals surface area contributed by atoms with Crippen molar-refractivity contribution in [2.24, 2.45) is 0 Å². The molecule has 2 aromatic carbocycles. The second-order valence-electron chi connectivity index (χ2n) is 5.20. The lowest BCUT2D eigenvalue weighted by molar-refractivity contribution is 0.580. The first-order valence-electron chi connectivity index (χ1n) is 6.58. The summed E-state index contributed by atoms with van der Waals surface area (Å²) in [5.74, 6) is -0.659. The third kappa shape index (κ3) is 2.25. The van der Waals surface area contributed by atoms with E-state index in [4.69, 9.17) is 5.73 Å². The Morgan fingerprint density at radius 1 is 1.24 bits per heavy atom. The minimum atomic E-state index is -3.83. The summed E-state index contributed by atoms with van der Waals surface area (Å²) in [5, 5.41) is 0. The van der Waals surface area contributed by atoms with Crippen molar-refractivity contribution in [3.8, 4) is 0 Å². The molecule has 4 nitrogen and oxygen atoms in total. The highest BCUT2D eigenvalue weighted by Gasteiger charge is 2.36. The van der Waals surface area contributed by atoms with E-state index in [-0.39, 0.29) is 16.6 Å². The smallest absolute Gasteiger partial charge is 0.264 e. The number of nitrogens with two attached hydrogens (primary N) is 1. The molecular formula is C15H15FN2O2S. The van der Waals surface area contributed by atoms with Gasteiger partial charge in [0, 0.05) is 11.7 Å². The monoisotopic (exact) mass is 306 g/mol. The van der Waals surface area contributed by atoms with Crippen LogP contribution in [0.4, 0.5) is 15.8 Å². The summed E-state index contributed by atoms with van der Waals surface area (Å²) < 4.78 is 40.5. The quantitative estimate of drug-likeness (QED) is 0.867. The largest absolute Gasteiger partial charge is 0.399 e. The standard InChI is InChI=1S/C15H15FN2O2S/c1-10-6-11-4-2-3-5-15(11)18(10)21(19,20)14-8-12(16)7-13(17)9-14/h2-5,7-10H,6,17H2,1H3. The lowest BCUT2D eigenvalue weighted by Gasteiger charge is -2.24. The Balaban J connectivity index is 2.14. The van der Waals surface area contributed by atoms with Crippen LogP contribution in [-0.2, 0) is 16.4 Å². The van der Waals surface area contributed by atoms with Crippen LogP contribution in [0.3, 0.4) is 0 Å². The third-order valence-corrected chi connectivity index (χ3v) is 5.50. The average Bonchev–Trinajstić information content (AvgIpc) is 2.73. The first kappa shape index (κ1) is 13.9. The molecule has 2 N–H and O–H groups in total. The van der Waals surface area contributed by atoms with Crippen LogP contribution in [0.1, 0.15) is 12.5 Å². The van der Waals surface area contributed by atoms with E-state index < -0.39 is 15.8 Å². The zero-order valence-electron chi connectivity index (χ0n) is 11.5. The maximum absolute atomic E-state index is 13.5. The minimum absolute atomic E-state index is 0.0914. The number of benzene rings is 2. The highest BCUT2D eigenvalue weighted by molar-refractivity contribution is 7.92. The van der Waals surface area contributed by atoms with E-state index in [0.717, 1.165) is 17.7 Å². The van der Waals surface area contributed by atoms with E-state index in [1.54, 1.807) is 12.1 Å². The summed E-state index contributed by atoms with van der Waals surface area (Å²) in [6.45, 7) is 1.83. The number of rotatable bonds is 2. The minimum Gasteiger partial charge on any atom is -0.399 e. The molecular weight excluding hydrogens is 291 g/mol. The molecule has 2 aromatic rings. The molecule has 3 rings (SSSR count). The van der Waals surface area contributed by atoms with Crippen LogP contribution in [0.5, 0.6) is 0 Å². The predicted octanol–water partition coefficient (Wildman–Crippen LogP) is 2.55. The Hall–Kier alpha value is -2.08. The molecule has 0 saturated carbocycles. The molecule has 6 heteroatoms. The van der Waals surface area contributed by atoms with Gasteiger partial charge in [0.1, 0.15) is 5.82 Å². The number of para-hydroxylation sites is 1. The summed E-state index contributed by atoms with van der Waals surface area (Å²) in [7, 11) is -3.83. The average molecular weight is 306 g/mol. The Labute approximate surface area is 123 Å². The van der Waals surface area contributed by atoms with Gasteiger partial charge in [-0.25, -0.2) is 12.8 Å². The molecule has 1 unspecified atom stereocenters. The lowest BCUT2D eigenvalue weighted by atomic mass is 10.1. The second kappa shape index (κ2) is 4.73. The van der Waals surface area contributed by atoms with Gasteiger partial charge in [0.2, 0.25) is 0 Å². The number of hydrogen-bond acceptors (Lipinski definition) is 3. The normalized spacial score (nSPS) is 17.8. The van der Waals surface area contributed by atoms with Gasteiger partial charge < -0.3 is 5.73 Å². The molecule has 1 atom stereocenters. The molecule has 110 valence electrons. The van der Waals surface area contributed by atoms with Gasteiger partial charge in [-0.1, -0.05) is 18.2 Å². The Kier molecular flexibility index (Phi) is 3.13. The molecule has 0 spiro atoms. The van der Waals surface area contributed by atoms with Crippen LogP contribution in [-0.4, -0.2) is 14.5 Å². The fourth-order valence-corrected chi connectivity index (χ4v) is 4.51. The number of nitrogen functional groups attached to an aromatic ring is 1. The van der Waals surface area contributed by atoms with Crippen molar-refractivity contribution < 1.29 is 12.8 Å². The lowest BCUT2D eigenvalue weighted by Crippen LogP contribution is -2.35. The zero-order chi connectivity index (χ0) is 15.2. The van der Waals surface area contributed by atoms with Gasteiger partial charge >= 0.3 is 0 Å². The molecule has 1 heterocycles. The maximum atomic E-state index is 13.5. The van der Waals surface area contributed by atoms with Crippen LogP contribution in [0.15, 0.2) is 47.4 Å². The number of anilines is 2. The van der Waals surface area contributed by atoms with E-state index in [1.165, 1.54) is 10.4 Å². The van der Waals surface area contributed by atoms with Gasteiger partial charge in [0.05, 0.1) is 10.6 Å². The molecule has 1 aliphatic rings. The Morgan fingerprint density at radius 2 is 1.95 bits per heavy atom. The van der Waals surface area contributed by atoms with E-state index in [0.29, 0.717) is 12.1 Å². The summed E-state index contributed by atoms with van der Waals surface area (Å²) in [6, 6.07) is 10.5. The van der Waals surface area contributed by atoms with Crippen LogP contribution in [0, 0.1) is 5.82 Å². The predicted molar refractivity (Wildman–Crippen MR) is 80.1 cm³/mol. The molecule has 0 fully saturated rings. The van der Waals surface area contributed by atoms with Crippen molar-refractivity contribution in [1.82, 2.24) is 0 Å². The van der Waals surface area contributed by atoms with Gasteiger partial charge in [0.15, 0.2) is 0 Å². The molecule has 21 heavy (non-hydrogen) atoms. The number of fused-ring (bicyclic) bond motifs is 1. The fourth-order valence-electron chi connectivity index (χ4n) is 2.75. The van der Waals surface area contributed by atoms with Gasteiger partial charge in [-0.3, -0.25) is 4.31 Å². The zero-order valence-corrected chi connectivity index (χ0v) is 12.3. The summed E-state index contributed by atoms with van der Waals surface area (Å²) in [4.78, 5) is -0.122. The van der Waals surface area contributed by atoms with E-state index >= 15 is 0 Å². The maximum Gasteiger partial charge on any atom is 0.264 e. The van der Waals surface area contributed by atoms with Gasteiger partial charge in [-0.15, -0.1) is 0 Å². The number of nitrogens with zero attached hydrogens (tertiary/aromatic N) is 1. The van der Waals surface area contributed by atoms with Crippen molar-refractivity contribution in [1.29, 1.82) is 0 Å². The number of halogens is 1. The van der Waals surface area contributed by atoms with Crippen LogP contribution in [0.2, 0.25) is 0 Å². The molecule has 0 aromatic heterocycles. The van der Waals surface area contributed by atoms with Crippen molar-refractivity contribution in [3.63, 3.8) is 0 Å². The van der Waals surface area contributed by atoms with Crippen molar-refractivity contribution in [3.05, 3.63) is 53.8 Å². The molecule has 0 aliphatic carbocycles. The SMILES string of the molecule is CC1Cc2ccccc2N1S(=O)(=O)c1cc(N)cc(F)c1. The third-order valence-electron chi connectivity index (χ3n) is 3.60. The van der Waals surface area contributed by atoms with Gasteiger partial charge in [-0.05, 0) is 43.2 Å². The topological polar surface area (TPSA) is 63.4 Å². The van der Waals surface area contributed by atoms with E-state index in [2.05, 4.69) is 0 Å². The van der Waals surface area contributed by atoms with Crippen LogP contribution in [0.25, 0.3) is 0 Å².